The lowest BCUT2D eigenvalue weighted by molar-refractivity contribution is 0.116. The molecule has 0 aromatic rings. The van der Waals surface area contributed by atoms with E-state index in [0.29, 0.717) is 6.04 Å². The Morgan fingerprint density at radius 1 is 1.27 bits per heavy atom. The van der Waals surface area contributed by atoms with Gasteiger partial charge in [0.15, 0.2) is 0 Å². The van der Waals surface area contributed by atoms with Gasteiger partial charge in [-0.15, -0.1) is 0 Å². The van der Waals surface area contributed by atoms with E-state index in [2.05, 4.69) is 26.1 Å². The molecule has 0 saturated carbocycles. The highest BCUT2D eigenvalue weighted by atomic mass is 16.5. The van der Waals surface area contributed by atoms with Gasteiger partial charge in [-0.1, -0.05) is 13.8 Å². The molecular weight excluding hydrogens is 138 g/mol. The summed E-state index contributed by atoms with van der Waals surface area (Å²) in [5.41, 5.74) is 0. The first-order chi connectivity index (χ1) is 5.31. The van der Waals surface area contributed by atoms with Crippen molar-refractivity contribution in [3.63, 3.8) is 0 Å². The summed E-state index contributed by atoms with van der Waals surface area (Å²) in [6, 6.07) is 0.501. The molecule has 11 heavy (non-hydrogen) atoms. The zero-order valence-corrected chi connectivity index (χ0v) is 8.02. The number of rotatable bonds is 7. The lowest BCUT2D eigenvalue weighted by Gasteiger charge is -2.12. The number of nitrogens with one attached hydrogen (secondary N) is 1. The molecule has 0 amide bonds. The fraction of sp³-hybridized carbons (Fsp3) is 1.00. The van der Waals surface area contributed by atoms with Crippen LogP contribution in [0.4, 0.5) is 0 Å². The van der Waals surface area contributed by atoms with Gasteiger partial charge in [0.25, 0.3) is 0 Å². The number of ether oxygens (including phenoxy) is 1. The maximum atomic E-state index is 5.38. The zero-order valence-electron chi connectivity index (χ0n) is 8.02. The van der Waals surface area contributed by atoms with Crippen molar-refractivity contribution in [2.45, 2.75) is 39.7 Å². The summed E-state index contributed by atoms with van der Waals surface area (Å²) in [7, 11) is 0. The van der Waals surface area contributed by atoms with Gasteiger partial charge in [-0.05, 0) is 26.3 Å². The van der Waals surface area contributed by atoms with Crippen molar-refractivity contribution in [1.82, 2.24) is 5.32 Å². The van der Waals surface area contributed by atoms with E-state index in [1.165, 1.54) is 6.42 Å². The van der Waals surface area contributed by atoms with Gasteiger partial charge in [-0.3, -0.25) is 0 Å². The van der Waals surface area contributed by atoms with Crippen molar-refractivity contribution < 1.29 is 4.74 Å². The highest BCUT2D eigenvalue weighted by molar-refractivity contribution is 4.57. The maximum absolute atomic E-state index is 5.38. The summed E-state index contributed by atoms with van der Waals surface area (Å²) >= 11 is 0. The number of hydrogen-bond acceptors (Lipinski definition) is 2. The largest absolute Gasteiger partial charge is 0.380 e. The van der Waals surface area contributed by atoms with Crippen molar-refractivity contribution >= 4 is 0 Å². The summed E-state index contributed by atoms with van der Waals surface area (Å²) in [6.07, 6.45) is 2.30. The van der Waals surface area contributed by atoms with E-state index >= 15 is 0 Å². The molecule has 0 fully saturated rings. The van der Waals surface area contributed by atoms with Crippen molar-refractivity contribution in [1.29, 1.82) is 0 Å². The van der Waals surface area contributed by atoms with Crippen LogP contribution in [0.5, 0.6) is 0 Å². The van der Waals surface area contributed by atoms with Crippen molar-refractivity contribution in [3.05, 3.63) is 0 Å². The molecule has 1 atom stereocenters. The second-order valence-electron chi connectivity index (χ2n) is 2.93. The molecule has 0 heterocycles. The van der Waals surface area contributed by atoms with Crippen LogP contribution in [0.3, 0.4) is 0 Å². The first-order valence-electron chi connectivity index (χ1n) is 4.62. The molecule has 0 aromatic heterocycles. The number of hydrogen-bond donors (Lipinski definition) is 1. The average molecular weight is 159 g/mol. The van der Waals surface area contributed by atoms with Crippen LogP contribution in [0.25, 0.3) is 0 Å². The lowest BCUT2D eigenvalue weighted by Crippen LogP contribution is -2.31. The van der Waals surface area contributed by atoms with Crippen LogP contribution < -0.4 is 5.32 Å². The Hall–Kier alpha value is -0.0800. The van der Waals surface area contributed by atoms with Crippen LogP contribution in [0.2, 0.25) is 0 Å². The van der Waals surface area contributed by atoms with E-state index in [9.17, 15) is 0 Å². The van der Waals surface area contributed by atoms with Gasteiger partial charge < -0.3 is 10.1 Å². The van der Waals surface area contributed by atoms with Crippen molar-refractivity contribution in [3.8, 4) is 0 Å². The topological polar surface area (TPSA) is 21.3 Å². The molecular formula is C9H21NO. The Labute approximate surface area is 70.3 Å². The van der Waals surface area contributed by atoms with Gasteiger partial charge in [0, 0.05) is 12.6 Å². The molecule has 2 nitrogen and oxygen atoms in total. The Kier molecular flexibility index (Phi) is 7.96. The van der Waals surface area contributed by atoms with Gasteiger partial charge in [0.1, 0.15) is 0 Å². The molecule has 0 aliphatic carbocycles. The lowest BCUT2D eigenvalue weighted by atomic mass is 10.3. The monoisotopic (exact) mass is 159 g/mol. The average Bonchev–Trinajstić information content (AvgIpc) is 2.01. The molecule has 0 spiro atoms. The van der Waals surface area contributed by atoms with Gasteiger partial charge in [-0.2, -0.15) is 0 Å². The second kappa shape index (κ2) is 8.02. The minimum atomic E-state index is 0.501. The fourth-order valence-corrected chi connectivity index (χ4v) is 0.854. The molecule has 0 aliphatic heterocycles. The van der Waals surface area contributed by atoms with Crippen LogP contribution in [0, 0.1) is 0 Å². The third kappa shape index (κ3) is 7.82. The van der Waals surface area contributed by atoms with E-state index in [4.69, 9.17) is 4.74 Å². The quantitative estimate of drug-likeness (QED) is 0.572. The van der Waals surface area contributed by atoms with E-state index in [0.717, 1.165) is 26.2 Å². The normalized spacial score (nSPS) is 13.4. The Morgan fingerprint density at radius 3 is 2.55 bits per heavy atom. The summed E-state index contributed by atoms with van der Waals surface area (Å²) in [5, 5.41) is 3.37. The van der Waals surface area contributed by atoms with Crippen LogP contribution in [0.1, 0.15) is 33.6 Å². The molecule has 0 saturated heterocycles. The van der Waals surface area contributed by atoms with E-state index < -0.39 is 0 Å². The fourth-order valence-electron chi connectivity index (χ4n) is 0.854. The first kappa shape index (κ1) is 10.9. The van der Waals surface area contributed by atoms with E-state index in [-0.39, 0.29) is 0 Å². The SMILES string of the molecule is CCCNC(C)COCCC. The Morgan fingerprint density at radius 2 is 2.00 bits per heavy atom. The molecule has 68 valence electrons. The van der Waals surface area contributed by atoms with Crippen LogP contribution in [-0.2, 0) is 4.74 Å². The molecule has 0 rings (SSSR count). The predicted octanol–water partition coefficient (Wildman–Crippen LogP) is 1.80. The Balaban J connectivity index is 3.02. The zero-order chi connectivity index (χ0) is 8.53. The van der Waals surface area contributed by atoms with Gasteiger partial charge in [0.05, 0.1) is 6.61 Å². The third-order valence-electron chi connectivity index (χ3n) is 1.46. The summed E-state index contributed by atoms with van der Waals surface area (Å²) < 4.78 is 5.38. The third-order valence-corrected chi connectivity index (χ3v) is 1.46. The van der Waals surface area contributed by atoms with E-state index in [1.807, 2.05) is 0 Å². The highest BCUT2D eigenvalue weighted by Gasteiger charge is 1.98. The van der Waals surface area contributed by atoms with Gasteiger partial charge >= 0.3 is 0 Å². The summed E-state index contributed by atoms with van der Waals surface area (Å²) in [6.45, 7) is 9.28. The van der Waals surface area contributed by atoms with E-state index in [1.54, 1.807) is 0 Å². The van der Waals surface area contributed by atoms with Gasteiger partial charge in [0.2, 0.25) is 0 Å². The van der Waals surface area contributed by atoms with Crippen LogP contribution >= 0.6 is 0 Å². The van der Waals surface area contributed by atoms with Crippen molar-refractivity contribution in [2.75, 3.05) is 19.8 Å². The molecule has 0 aromatic carbocycles. The first-order valence-corrected chi connectivity index (χ1v) is 4.62. The van der Waals surface area contributed by atoms with Crippen molar-refractivity contribution in [2.24, 2.45) is 0 Å². The van der Waals surface area contributed by atoms with Crippen LogP contribution in [-0.4, -0.2) is 25.8 Å². The summed E-state index contributed by atoms with van der Waals surface area (Å²) in [4.78, 5) is 0. The maximum Gasteiger partial charge on any atom is 0.0616 e. The minimum Gasteiger partial charge on any atom is -0.380 e. The molecule has 2 heteroatoms. The molecule has 1 N–H and O–H groups in total. The van der Waals surface area contributed by atoms with Gasteiger partial charge in [-0.25, -0.2) is 0 Å². The second-order valence-corrected chi connectivity index (χ2v) is 2.93. The van der Waals surface area contributed by atoms with Crippen LogP contribution in [0.15, 0.2) is 0 Å². The predicted molar refractivity (Wildman–Crippen MR) is 48.9 cm³/mol. The highest BCUT2D eigenvalue weighted by Crippen LogP contribution is 1.86. The minimum absolute atomic E-state index is 0.501. The molecule has 0 bridgehead atoms. The molecule has 0 aliphatic rings. The standard InChI is InChI=1S/C9H21NO/c1-4-6-10-9(3)8-11-7-5-2/h9-10H,4-8H2,1-3H3. The molecule has 1 unspecified atom stereocenters. The summed E-state index contributed by atoms with van der Waals surface area (Å²) in [5.74, 6) is 0. The Bertz CT molecular complexity index is 76.0. The smallest absolute Gasteiger partial charge is 0.0616 e. The molecule has 0 radical (unpaired) electrons.